The van der Waals surface area contributed by atoms with Crippen LogP contribution in [-0.4, -0.2) is 38.9 Å². The lowest BCUT2D eigenvalue weighted by Gasteiger charge is -2.11. The van der Waals surface area contributed by atoms with Crippen LogP contribution in [0.2, 0.25) is 0 Å². The standard InChI is InChI=1S/C14H15N3O3S2/c1-17(2)22(19,20)13-7-3-5-11(9-13)14(18)16-15-10-12-6-4-8-21-12/h3-10H,1-2H3,(H,16,18)/b15-10-. The third-order valence-electron chi connectivity index (χ3n) is 2.78. The van der Waals surface area contributed by atoms with Crippen molar-refractivity contribution in [1.82, 2.24) is 9.73 Å². The average Bonchev–Trinajstić information content (AvgIpc) is 3.00. The summed E-state index contributed by atoms with van der Waals surface area (Å²) < 4.78 is 25.2. The lowest BCUT2D eigenvalue weighted by atomic mass is 10.2. The van der Waals surface area contributed by atoms with Crippen LogP contribution >= 0.6 is 11.3 Å². The molecule has 1 heterocycles. The van der Waals surface area contributed by atoms with Gasteiger partial charge in [0.1, 0.15) is 0 Å². The Bertz CT molecular complexity index is 781. The Labute approximate surface area is 133 Å². The summed E-state index contributed by atoms with van der Waals surface area (Å²) >= 11 is 1.49. The van der Waals surface area contributed by atoms with Crippen LogP contribution in [0.5, 0.6) is 0 Å². The fourth-order valence-electron chi connectivity index (χ4n) is 1.59. The van der Waals surface area contributed by atoms with E-state index in [4.69, 9.17) is 0 Å². The summed E-state index contributed by atoms with van der Waals surface area (Å²) in [7, 11) is -0.697. The largest absolute Gasteiger partial charge is 0.271 e. The molecule has 0 radical (unpaired) electrons. The minimum absolute atomic E-state index is 0.0624. The van der Waals surface area contributed by atoms with Crippen LogP contribution in [0.25, 0.3) is 0 Å². The molecule has 1 aromatic heterocycles. The number of carbonyl (C=O) groups is 1. The first kappa shape index (κ1) is 16.3. The van der Waals surface area contributed by atoms with Crippen LogP contribution in [0.1, 0.15) is 15.2 Å². The maximum Gasteiger partial charge on any atom is 0.271 e. The lowest BCUT2D eigenvalue weighted by molar-refractivity contribution is 0.0955. The predicted octanol–water partition coefficient (Wildman–Crippen LogP) is 1.76. The fraction of sp³-hybridized carbons (Fsp3) is 0.143. The van der Waals surface area contributed by atoms with Gasteiger partial charge in [0.15, 0.2) is 0 Å². The Morgan fingerprint density at radius 2 is 2.05 bits per heavy atom. The van der Waals surface area contributed by atoms with E-state index in [0.29, 0.717) is 0 Å². The van der Waals surface area contributed by atoms with Gasteiger partial charge in [0.25, 0.3) is 5.91 Å². The zero-order valence-electron chi connectivity index (χ0n) is 12.1. The maximum absolute atomic E-state index is 12.0. The molecule has 116 valence electrons. The molecule has 0 aliphatic carbocycles. The van der Waals surface area contributed by atoms with Crippen molar-refractivity contribution < 1.29 is 13.2 Å². The van der Waals surface area contributed by atoms with Crippen LogP contribution in [0, 0.1) is 0 Å². The lowest BCUT2D eigenvalue weighted by Crippen LogP contribution is -2.23. The second-order valence-corrected chi connectivity index (χ2v) is 7.66. The van der Waals surface area contributed by atoms with Crippen molar-refractivity contribution in [2.24, 2.45) is 5.10 Å². The zero-order chi connectivity index (χ0) is 16.2. The molecule has 0 unspecified atom stereocenters. The number of amides is 1. The van der Waals surface area contributed by atoms with Crippen LogP contribution in [0.4, 0.5) is 0 Å². The number of thiophene rings is 1. The molecule has 6 nitrogen and oxygen atoms in total. The molecule has 0 saturated heterocycles. The highest BCUT2D eigenvalue weighted by atomic mass is 32.2. The SMILES string of the molecule is CN(C)S(=O)(=O)c1cccc(C(=O)N/N=C\c2cccs2)c1. The topological polar surface area (TPSA) is 78.8 Å². The van der Waals surface area contributed by atoms with Crippen molar-refractivity contribution >= 4 is 33.5 Å². The maximum atomic E-state index is 12.0. The first-order chi connectivity index (χ1) is 10.4. The first-order valence-corrected chi connectivity index (χ1v) is 8.63. The van der Waals surface area contributed by atoms with Crippen molar-refractivity contribution in [2.45, 2.75) is 4.90 Å². The van der Waals surface area contributed by atoms with Gasteiger partial charge < -0.3 is 0 Å². The molecule has 0 bridgehead atoms. The number of hydrazone groups is 1. The molecule has 1 N–H and O–H groups in total. The second kappa shape index (κ2) is 6.82. The molecular weight excluding hydrogens is 322 g/mol. The highest BCUT2D eigenvalue weighted by Gasteiger charge is 2.18. The molecule has 2 aromatic rings. The highest BCUT2D eigenvalue weighted by molar-refractivity contribution is 7.89. The van der Waals surface area contributed by atoms with Crippen LogP contribution in [0.3, 0.4) is 0 Å². The van der Waals surface area contributed by atoms with Crippen LogP contribution < -0.4 is 5.43 Å². The molecule has 2 rings (SSSR count). The van der Waals surface area contributed by atoms with Gasteiger partial charge in [-0.3, -0.25) is 4.79 Å². The summed E-state index contributed by atoms with van der Waals surface area (Å²) in [4.78, 5) is 13.0. The highest BCUT2D eigenvalue weighted by Crippen LogP contribution is 2.14. The van der Waals surface area contributed by atoms with Crippen molar-refractivity contribution in [3.8, 4) is 0 Å². The van der Waals surface area contributed by atoms with E-state index in [-0.39, 0.29) is 10.5 Å². The number of benzene rings is 1. The molecular formula is C14H15N3O3S2. The molecule has 0 aliphatic heterocycles. The Morgan fingerprint density at radius 1 is 1.27 bits per heavy atom. The normalized spacial score (nSPS) is 12.0. The van der Waals surface area contributed by atoms with E-state index in [1.807, 2.05) is 17.5 Å². The molecule has 0 aliphatic rings. The smallest absolute Gasteiger partial charge is 0.267 e. The van der Waals surface area contributed by atoms with E-state index in [1.54, 1.807) is 0 Å². The summed E-state index contributed by atoms with van der Waals surface area (Å²) in [6.07, 6.45) is 1.53. The van der Waals surface area contributed by atoms with Gasteiger partial charge in [-0.05, 0) is 29.6 Å². The van der Waals surface area contributed by atoms with Crippen LogP contribution in [-0.2, 0) is 10.0 Å². The van der Waals surface area contributed by atoms with E-state index in [9.17, 15) is 13.2 Å². The van der Waals surface area contributed by atoms with E-state index in [2.05, 4.69) is 10.5 Å². The summed E-state index contributed by atoms with van der Waals surface area (Å²) in [6, 6.07) is 9.57. The first-order valence-electron chi connectivity index (χ1n) is 6.31. The van der Waals surface area contributed by atoms with Gasteiger partial charge in [0.2, 0.25) is 10.0 Å². The number of nitrogens with one attached hydrogen (secondary N) is 1. The van der Waals surface area contributed by atoms with Crippen molar-refractivity contribution in [2.75, 3.05) is 14.1 Å². The number of nitrogens with zero attached hydrogens (tertiary/aromatic N) is 2. The number of carbonyl (C=O) groups excluding carboxylic acids is 1. The minimum Gasteiger partial charge on any atom is -0.267 e. The zero-order valence-corrected chi connectivity index (χ0v) is 13.7. The fourth-order valence-corrected chi connectivity index (χ4v) is 3.13. The molecule has 0 saturated carbocycles. The predicted molar refractivity (Wildman–Crippen MR) is 86.7 cm³/mol. The van der Waals surface area contributed by atoms with Gasteiger partial charge in [0.05, 0.1) is 11.1 Å². The molecule has 0 fully saturated rings. The van der Waals surface area contributed by atoms with Gasteiger partial charge in [-0.2, -0.15) is 5.10 Å². The molecule has 0 atom stereocenters. The van der Waals surface area contributed by atoms with E-state index >= 15 is 0 Å². The van der Waals surface area contributed by atoms with E-state index in [0.717, 1.165) is 9.18 Å². The Balaban J connectivity index is 2.14. The third-order valence-corrected chi connectivity index (χ3v) is 5.39. The van der Waals surface area contributed by atoms with Gasteiger partial charge in [-0.25, -0.2) is 18.1 Å². The summed E-state index contributed by atoms with van der Waals surface area (Å²) in [5.41, 5.74) is 2.60. The minimum atomic E-state index is -3.57. The summed E-state index contributed by atoms with van der Waals surface area (Å²) in [6.45, 7) is 0. The molecule has 8 heteroatoms. The quantitative estimate of drug-likeness (QED) is 0.667. The molecule has 1 aromatic carbocycles. The van der Waals surface area contributed by atoms with Gasteiger partial charge >= 0.3 is 0 Å². The van der Waals surface area contributed by atoms with Crippen molar-refractivity contribution in [1.29, 1.82) is 0 Å². The number of sulfonamides is 1. The molecule has 1 amide bonds. The second-order valence-electron chi connectivity index (χ2n) is 4.53. The van der Waals surface area contributed by atoms with Gasteiger partial charge in [0, 0.05) is 24.5 Å². The van der Waals surface area contributed by atoms with Crippen LogP contribution in [0.15, 0.2) is 51.8 Å². The Kier molecular flexibility index (Phi) is 5.07. The van der Waals surface area contributed by atoms with Gasteiger partial charge in [-0.15, -0.1) is 11.3 Å². The summed E-state index contributed by atoms with van der Waals surface area (Å²) in [5.74, 6) is -0.469. The van der Waals surface area contributed by atoms with Gasteiger partial charge in [-0.1, -0.05) is 12.1 Å². The number of hydrogen-bond acceptors (Lipinski definition) is 5. The molecule has 22 heavy (non-hydrogen) atoms. The van der Waals surface area contributed by atoms with Crippen molar-refractivity contribution in [3.63, 3.8) is 0 Å². The average molecular weight is 337 g/mol. The number of rotatable bonds is 5. The van der Waals surface area contributed by atoms with E-state index in [1.165, 1.54) is 55.9 Å². The third kappa shape index (κ3) is 3.79. The Hall–Kier alpha value is -2.03. The monoisotopic (exact) mass is 337 g/mol. The summed E-state index contributed by atoms with van der Waals surface area (Å²) in [5, 5.41) is 5.74. The Morgan fingerprint density at radius 3 is 2.68 bits per heavy atom. The van der Waals surface area contributed by atoms with Crippen molar-refractivity contribution in [3.05, 3.63) is 52.2 Å². The number of hydrogen-bond donors (Lipinski definition) is 1. The molecule has 0 spiro atoms. The van der Waals surface area contributed by atoms with E-state index < -0.39 is 15.9 Å².